The summed E-state index contributed by atoms with van der Waals surface area (Å²) in [5, 5.41) is 0.758. The summed E-state index contributed by atoms with van der Waals surface area (Å²) in [6.07, 6.45) is 2.22. The van der Waals surface area contributed by atoms with Crippen LogP contribution in [0.3, 0.4) is 0 Å². The van der Waals surface area contributed by atoms with Crippen molar-refractivity contribution < 1.29 is 4.74 Å². The van der Waals surface area contributed by atoms with Gasteiger partial charge in [-0.3, -0.25) is 0 Å². The van der Waals surface area contributed by atoms with E-state index in [1.165, 1.54) is 0 Å². The first kappa shape index (κ1) is 13.7. The maximum Gasteiger partial charge on any atom is 0.122 e. The van der Waals surface area contributed by atoms with E-state index < -0.39 is 0 Å². The van der Waals surface area contributed by atoms with Crippen molar-refractivity contribution in [1.82, 2.24) is 0 Å². The summed E-state index contributed by atoms with van der Waals surface area (Å²) in [6, 6.07) is 5.72. The predicted molar refractivity (Wildman–Crippen MR) is 73.9 cm³/mol. The molecule has 0 amide bonds. The van der Waals surface area contributed by atoms with Crippen LogP contribution in [-0.4, -0.2) is 12.4 Å². The van der Waals surface area contributed by atoms with Crippen LogP contribution in [0.15, 0.2) is 18.2 Å². The minimum Gasteiger partial charge on any atom is -0.493 e. The van der Waals surface area contributed by atoms with Gasteiger partial charge in [0.15, 0.2) is 0 Å². The van der Waals surface area contributed by atoms with Crippen LogP contribution in [0.2, 0.25) is 5.02 Å². The summed E-state index contributed by atoms with van der Waals surface area (Å²) in [4.78, 5) is 0. The second-order valence-electron chi connectivity index (χ2n) is 4.16. The van der Waals surface area contributed by atoms with Gasteiger partial charge in [0, 0.05) is 5.02 Å². The number of hydrogen-bond acceptors (Lipinski definition) is 2. The second kappa shape index (κ2) is 7.08. The van der Waals surface area contributed by atoms with Gasteiger partial charge in [0.2, 0.25) is 0 Å². The molecule has 90 valence electrons. The fourth-order valence-corrected chi connectivity index (χ4v) is 2.18. The van der Waals surface area contributed by atoms with E-state index in [-0.39, 0.29) is 0 Å². The topological polar surface area (TPSA) is 9.23 Å². The molecule has 16 heavy (non-hydrogen) atoms. The zero-order valence-electron chi connectivity index (χ0n) is 9.87. The van der Waals surface area contributed by atoms with Crippen LogP contribution in [0, 0.1) is 12.8 Å². The van der Waals surface area contributed by atoms with Crippen LogP contribution in [0.4, 0.5) is 0 Å². The molecular weight excluding hydrogens is 240 g/mol. The molecule has 3 heteroatoms. The Balaban J connectivity index is 2.37. The molecule has 1 rings (SSSR count). The Kier molecular flexibility index (Phi) is 6.07. The van der Waals surface area contributed by atoms with Crippen LogP contribution in [0.5, 0.6) is 5.75 Å². The first-order valence-electron chi connectivity index (χ1n) is 5.63. The Morgan fingerprint density at radius 2 is 2.12 bits per heavy atom. The van der Waals surface area contributed by atoms with Crippen LogP contribution in [0.1, 0.15) is 25.3 Å². The normalized spacial score (nSPS) is 12.5. The number of halogens is 1. The summed E-state index contributed by atoms with van der Waals surface area (Å²) < 4.78 is 5.73. The summed E-state index contributed by atoms with van der Waals surface area (Å²) in [6.45, 7) is 5.00. The lowest BCUT2D eigenvalue weighted by molar-refractivity contribution is 0.280. The van der Waals surface area contributed by atoms with E-state index in [2.05, 4.69) is 19.6 Å². The van der Waals surface area contributed by atoms with Crippen molar-refractivity contribution in [3.8, 4) is 5.75 Å². The molecule has 0 N–H and O–H groups in total. The average Bonchev–Trinajstić information content (AvgIpc) is 2.22. The van der Waals surface area contributed by atoms with Crippen LogP contribution >= 0.6 is 24.2 Å². The SMILES string of the molecule is Cc1cc(Cl)ccc1OCCC(C)CCS. The molecule has 0 saturated heterocycles. The number of benzene rings is 1. The highest BCUT2D eigenvalue weighted by Crippen LogP contribution is 2.22. The monoisotopic (exact) mass is 258 g/mol. The molecular formula is C13H19ClOS. The molecule has 1 unspecified atom stereocenters. The van der Waals surface area contributed by atoms with Crippen molar-refractivity contribution in [2.75, 3.05) is 12.4 Å². The van der Waals surface area contributed by atoms with Gasteiger partial charge in [-0.15, -0.1) is 0 Å². The fraction of sp³-hybridized carbons (Fsp3) is 0.538. The average molecular weight is 259 g/mol. The van der Waals surface area contributed by atoms with E-state index in [4.69, 9.17) is 16.3 Å². The lowest BCUT2D eigenvalue weighted by atomic mass is 10.1. The highest BCUT2D eigenvalue weighted by Gasteiger charge is 2.03. The Morgan fingerprint density at radius 3 is 2.75 bits per heavy atom. The minimum absolute atomic E-state index is 0.671. The largest absolute Gasteiger partial charge is 0.493 e. The maximum atomic E-state index is 5.88. The molecule has 0 saturated carbocycles. The van der Waals surface area contributed by atoms with Gasteiger partial charge in [0.05, 0.1) is 6.61 Å². The molecule has 1 aromatic rings. The van der Waals surface area contributed by atoms with Gasteiger partial charge >= 0.3 is 0 Å². The number of rotatable bonds is 6. The van der Waals surface area contributed by atoms with Gasteiger partial charge in [0.1, 0.15) is 5.75 Å². The predicted octanol–water partition coefficient (Wildman–Crippen LogP) is 4.37. The molecule has 0 heterocycles. The molecule has 0 aliphatic carbocycles. The molecule has 0 aromatic heterocycles. The Bertz CT molecular complexity index is 328. The summed E-state index contributed by atoms with van der Waals surface area (Å²) in [5.41, 5.74) is 1.09. The number of aryl methyl sites for hydroxylation is 1. The molecule has 1 aromatic carbocycles. The van der Waals surface area contributed by atoms with E-state index in [0.717, 1.165) is 41.5 Å². The second-order valence-corrected chi connectivity index (χ2v) is 5.05. The maximum absolute atomic E-state index is 5.88. The van der Waals surface area contributed by atoms with Crippen molar-refractivity contribution >= 4 is 24.2 Å². The number of thiol groups is 1. The first-order chi connectivity index (χ1) is 7.63. The standard InChI is InChI=1S/C13H19ClOS/c1-10(6-8-16)5-7-15-13-4-3-12(14)9-11(13)2/h3-4,9-10,16H,5-8H2,1-2H3. The molecule has 0 aliphatic rings. The highest BCUT2D eigenvalue weighted by atomic mass is 35.5. The molecule has 0 radical (unpaired) electrons. The molecule has 0 spiro atoms. The van der Waals surface area contributed by atoms with Crippen molar-refractivity contribution in [2.45, 2.75) is 26.7 Å². The van der Waals surface area contributed by atoms with Gasteiger partial charge in [-0.1, -0.05) is 18.5 Å². The fourth-order valence-electron chi connectivity index (χ4n) is 1.51. The highest BCUT2D eigenvalue weighted by molar-refractivity contribution is 7.80. The summed E-state index contributed by atoms with van der Waals surface area (Å²) in [5.74, 6) is 2.55. The van der Waals surface area contributed by atoms with Crippen molar-refractivity contribution in [1.29, 1.82) is 0 Å². The van der Waals surface area contributed by atoms with Crippen molar-refractivity contribution in [2.24, 2.45) is 5.92 Å². The molecule has 0 aliphatic heterocycles. The third-order valence-electron chi connectivity index (χ3n) is 2.63. The Morgan fingerprint density at radius 1 is 1.38 bits per heavy atom. The number of ether oxygens (including phenoxy) is 1. The van der Waals surface area contributed by atoms with Gasteiger partial charge in [0.25, 0.3) is 0 Å². The van der Waals surface area contributed by atoms with Crippen LogP contribution in [0.25, 0.3) is 0 Å². The third-order valence-corrected chi connectivity index (χ3v) is 3.12. The zero-order chi connectivity index (χ0) is 12.0. The lowest BCUT2D eigenvalue weighted by Crippen LogP contribution is -2.05. The van der Waals surface area contributed by atoms with Crippen molar-refractivity contribution in [3.05, 3.63) is 28.8 Å². The van der Waals surface area contributed by atoms with Crippen molar-refractivity contribution in [3.63, 3.8) is 0 Å². The third kappa shape index (κ3) is 4.67. The molecule has 1 atom stereocenters. The first-order valence-corrected chi connectivity index (χ1v) is 6.64. The molecule has 1 nitrogen and oxygen atoms in total. The molecule has 0 bridgehead atoms. The van der Waals surface area contributed by atoms with E-state index in [0.29, 0.717) is 5.92 Å². The van der Waals surface area contributed by atoms with E-state index >= 15 is 0 Å². The van der Waals surface area contributed by atoms with E-state index in [1.54, 1.807) is 0 Å². The summed E-state index contributed by atoms with van der Waals surface area (Å²) >= 11 is 10.1. The zero-order valence-corrected chi connectivity index (χ0v) is 11.5. The number of hydrogen-bond donors (Lipinski definition) is 1. The van der Waals surface area contributed by atoms with Gasteiger partial charge < -0.3 is 4.74 Å². The smallest absolute Gasteiger partial charge is 0.122 e. The van der Waals surface area contributed by atoms with Gasteiger partial charge in [-0.2, -0.15) is 12.6 Å². The quantitative estimate of drug-likeness (QED) is 0.746. The minimum atomic E-state index is 0.671. The van der Waals surface area contributed by atoms with Gasteiger partial charge in [-0.05, 0) is 55.2 Å². The van der Waals surface area contributed by atoms with E-state index in [1.807, 2.05) is 25.1 Å². The molecule has 0 fully saturated rings. The Labute approximate surface area is 109 Å². The van der Waals surface area contributed by atoms with Gasteiger partial charge in [-0.25, -0.2) is 0 Å². The van der Waals surface area contributed by atoms with Crippen LogP contribution in [-0.2, 0) is 0 Å². The van der Waals surface area contributed by atoms with Crippen LogP contribution < -0.4 is 4.74 Å². The Hall–Kier alpha value is -0.340. The summed E-state index contributed by atoms with van der Waals surface area (Å²) in [7, 11) is 0. The lowest BCUT2D eigenvalue weighted by Gasteiger charge is -2.12. The van der Waals surface area contributed by atoms with E-state index in [9.17, 15) is 0 Å².